The number of phenols is 2. The molecule has 0 bridgehead atoms. The predicted octanol–water partition coefficient (Wildman–Crippen LogP) is 3.65. The number of hydrazone groups is 1. The Hall–Kier alpha value is -2.82. The quantitative estimate of drug-likeness (QED) is 0.446. The average molecular weight is 352 g/mol. The molecule has 0 aliphatic heterocycles. The topological polar surface area (TPSA) is 81.9 Å². The van der Waals surface area contributed by atoms with Crippen LogP contribution in [0.3, 0.4) is 0 Å². The Bertz CT molecular complexity index is 835. The van der Waals surface area contributed by atoms with E-state index in [4.69, 9.17) is 0 Å². The summed E-state index contributed by atoms with van der Waals surface area (Å²) in [6.07, 6.45) is 2.27. The first kappa shape index (κ1) is 18.0. The normalized spacial score (nSPS) is 19.5. The fraction of sp³-hybridized carbons (Fsp3) is 0.333. The molecule has 0 saturated heterocycles. The number of rotatable bonds is 4. The molecule has 2 aromatic rings. The van der Waals surface area contributed by atoms with Crippen molar-refractivity contribution >= 4 is 12.1 Å². The number of benzene rings is 2. The van der Waals surface area contributed by atoms with Crippen LogP contribution in [0.1, 0.15) is 49.8 Å². The molecule has 26 heavy (non-hydrogen) atoms. The first-order chi connectivity index (χ1) is 12.3. The van der Waals surface area contributed by atoms with E-state index in [1.54, 1.807) is 6.07 Å². The molecule has 1 saturated carbocycles. The summed E-state index contributed by atoms with van der Waals surface area (Å²) in [6, 6.07) is 12.8. The number of amides is 1. The van der Waals surface area contributed by atoms with Gasteiger partial charge in [-0.15, -0.1) is 0 Å². The maximum Gasteiger partial charge on any atom is 0.243 e. The molecule has 0 spiro atoms. The Morgan fingerprint density at radius 2 is 1.81 bits per heavy atom. The third-order valence-electron chi connectivity index (χ3n) is 4.72. The van der Waals surface area contributed by atoms with Crippen molar-refractivity contribution in [2.75, 3.05) is 0 Å². The Balaban J connectivity index is 1.55. The fourth-order valence-electron chi connectivity index (χ4n) is 2.96. The van der Waals surface area contributed by atoms with Gasteiger partial charge in [0.1, 0.15) is 0 Å². The molecule has 2 atom stereocenters. The Morgan fingerprint density at radius 3 is 2.42 bits per heavy atom. The van der Waals surface area contributed by atoms with Gasteiger partial charge in [0.05, 0.1) is 6.21 Å². The van der Waals surface area contributed by atoms with Crippen LogP contribution in [-0.2, 0) is 10.2 Å². The highest BCUT2D eigenvalue weighted by atomic mass is 16.3. The van der Waals surface area contributed by atoms with Gasteiger partial charge in [-0.25, -0.2) is 5.43 Å². The van der Waals surface area contributed by atoms with Crippen molar-refractivity contribution in [3.63, 3.8) is 0 Å². The number of aromatic hydroxyl groups is 2. The molecule has 3 rings (SSSR count). The van der Waals surface area contributed by atoms with Gasteiger partial charge in [-0.2, -0.15) is 5.10 Å². The summed E-state index contributed by atoms with van der Waals surface area (Å²) in [5.74, 6) is -0.322. The smallest absolute Gasteiger partial charge is 0.243 e. The van der Waals surface area contributed by atoms with Crippen molar-refractivity contribution in [2.24, 2.45) is 11.0 Å². The number of phenolic OH excluding ortho intramolecular Hbond substituents is 2. The lowest BCUT2D eigenvalue weighted by molar-refractivity contribution is -0.122. The van der Waals surface area contributed by atoms with E-state index in [9.17, 15) is 15.0 Å². The summed E-state index contributed by atoms with van der Waals surface area (Å²) in [4.78, 5) is 12.2. The van der Waals surface area contributed by atoms with Gasteiger partial charge in [0.25, 0.3) is 0 Å². The van der Waals surface area contributed by atoms with E-state index in [0.717, 1.165) is 6.42 Å². The number of hydrogen-bond donors (Lipinski definition) is 3. The second-order valence-electron chi connectivity index (χ2n) is 7.80. The van der Waals surface area contributed by atoms with Crippen molar-refractivity contribution in [3.05, 3.63) is 59.2 Å². The van der Waals surface area contributed by atoms with Crippen LogP contribution in [0.4, 0.5) is 0 Å². The Labute approximate surface area is 153 Å². The van der Waals surface area contributed by atoms with Gasteiger partial charge in [-0.1, -0.05) is 45.0 Å². The fourth-order valence-corrected chi connectivity index (χ4v) is 2.96. The molecular formula is C21H24N2O3. The van der Waals surface area contributed by atoms with E-state index in [0.29, 0.717) is 5.56 Å². The van der Waals surface area contributed by atoms with Crippen molar-refractivity contribution in [1.29, 1.82) is 0 Å². The van der Waals surface area contributed by atoms with Crippen molar-refractivity contribution < 1.29 is 15.0 Å². The molecule has 136 valence electrons. The zero-order chi connectivity index (χ0) is 18.9. The lowest BCUT2D eigenvalue weighted by Crippen LogP contribution is -2.20. The van der Waals surface area contributed by atoms with E-state index in [-0.39, 0.29) is 34.7 Å². The van der Waals surface area contributed by atoms with Crippen LogP contribution in [0.15, 0.2) is 47.6 Å². The summed E-state index contributed by atoms with van der Waals surface area (Å²) < 4.78 is 0. The van der Waals surface area contributed by atoms with Crippen LogP contribution in [0.5, 0.6) is 11.5 Å². The number of nitrogens with one attached hydrogen (secondary N) is 1. The van der Waals surface area contributed by atoms with Gasteiger partial charge in [0, 0.05) is 5.92 Å². The molecule has 2 unspecified atom stereocenters. The standard InChI is InChI=1S/C21H24N2O3/c1-21(2,3)15-7-5-14(6-8-15)16-11-17(16)20(26)23-22-12-13-4-9-18(24)19(25)10-13/h4-10,12,16-17,24-25H,11H2,1-3H3,(H,23,26)/b22-12+. The predicted molar refractivity (Wildman–Crippen MR) is 101 cm³/mol. The van der Waals surface area contributed by atoms with Crippen LogP contribution in [0, 0.1) is 5.92 Å². The largest absolute Gasteiger partial charge is 0.504 e. The van der Waals surface area contributed by atoms with Crippen LogP contribution < -0.4 is 5.43 Å². The van der Waals surface area contributed by atoms with E-state index in [1.165, 1.54) is 29.5 Å². The summed E-state index contributed by atoms with van der Waals surface area (Å²) in [6.45, 7) is 6.55. The Kier molecular flexibility index (Phi) is 4.72. The maximum atomic E-state index is 12.2. The zero-order valence-electron chi connectivity index (χ0n) is 15.2. The maximum absolute atomic E-state index is 12.2. The average Bonchev–Trinajstić information content (AvgIpc) is 3.38. The van der Waals surface area contributed by atoms with Gasteiger partial charge in [-0.05, 0) is 52.6 Å². The van der Waals surface area contributed by atoms with Crippen molar-refractivity contribution in [3.8, 4) is 11.5 Å². The summed E-state index contributed by atoms with van der Waals surface area (Å²) in [5, 5.41) is 22.6. The van der Waals surface area contributed by atoms with Crippen LogP contribution in [-0.4, -0.2) is 22.3 Å². The first-order valence-electron chi connectivity index (χ1n) is 8.71. The molecule has 3 N–H and O–H groups in total. The molecule has 2 aromatic carbocycles. The SMILES string of the molecule is CC(C)(C)c1ccc(C2CC2C(=O)N/N=C/c2ccc(O)c(O)c2)cc1. The minimum absolute atomic E-state index is 0.0548. The Morgan fingerprint density at radius 1 is 1.12 bits per heavy atom. The lowest BCUT2D eigenvalue weighted by atomic mass is 9.86. The van der Waals surface area contributed by atoms with E-state index >= 15 is 0 Å². The highest BCUT2D eigenvalue weighted by Gasteiger charge is 2.43. The molecule has 1 amide bonds. The van der Waals surface area contributed by atoms with Crippen LogP contribution in [0.25, 0.3) is 0 Å². The third kappa shape index (κ3) is 4.04. The van der Waals surface area contributed by atoms with Gasteiger partial charge >= 0.3 is 0 Å². The van der Waals surface area contributed by atoms with E-state index in [1.807, 2.05) is 0 Å². The van der Waals surface area contributed by atoms with Gasteiger partial charge in [0.2, 0.25) is 5.91 Å². The number of hydrogen-bond acceptors (Lipinski definition) is 4. The molecule has 1 aliphatic rings. The van der Waals surface area contributed by atoms with Gasteiger partial charge in [-0.3, -0.25) is 4.79 Å². The number of carbonyl (C=O) groups excluding carboxylic acids is 1. The second-order valence-corrected chi connectivity index (χ2v) is 7.80. The van der Waals surface area contributed by atoms with Crippen molar-refractivity contribution in [2.45, 2.75) is 38.5 Å². The highest BCUT2D eigenvalue weighted by Crippen LogP contribution is 2.47. The molecule has 5 heteroatoms. The highest BCUT2D eigenvalue weighted by molar-refractivity contribution is 5.86. The molecule has 0 radical (unpaired) electrons. The number of carbonyl (C=O) groups is 1. The number of nitrogens with zero attached hydrogens (tertiary/aromatic N) is 1. The molecule has 1 fully saturated rings. The molecule has 0 heterocycles. The lowest BCUT2D eigenvalue weighted by Gasteiger charge is -2.19. The third-order valence-corrected chi connectivity index (χ3v) is 4.72. The summed E-state index contributed by atoms with van der Waals surface area (Å²) in [7, 11) is 0. The summed E-state index contributed by atoms with van der Waals surface area (Å²) in [5.41, 5.74) is 5.73. The minimum atomic E-state index is -0.221. The van der Waals surface area contributed by atoms with E-state index < -0.39 is 0 Å². The van der Waals surface area contributed by atoms with E-state index in [2.05, 4.69) is 55.6 Å². The van der Waals surface area contributed by atoms with Crippen LogP contribution >= 0.6 is 0 Å². The van der Waals surface area contributed by atoms with Gasteiger partial charge in [0.15, 0.2) is 11.5 Å². The zero-order valence-corrected chi connectivity index (χ0v) is 15.2. The minimum Gasteiger partial charge on any atom is -0.504 e. The van der Waals surface area contributed by atoms with Crippen LogP contribution in [0.2, 0.25) is 0 Å². The second kappa shape index (κ2) is 6.83. The monoisotopic (exact) mass is 352 g/mol. The molecular weight excluding hydrogens is 328 g/mol. The molecule has 0 aromatic heterocycles. The van der Waals surface area contributed by atoms with Gasteiger partial charge < -0.3 is 10.2 Å². The summed E-state index contributed by atoms with van der Waals surface area (Å²) >= 11 is 0. The molecule has 5 nitrogen and oxygen atoms in total. The molecule has 1 aliphatic carbocycles. The first-order valence-corrected chi connectivity index (χ1v) is 8.71. The van der Waals surface area contributed by atoms with Crippen molar-refractivity contribution in [1.82, 2.24) is 5.43 Å².